The Balaban J connectivity index is 2.63. The van der Waals surface area contributed by atoms with E-state index in [1.807, 2.05) is 33.2 Å². The molecular formula is C13H23N3O. The fourth-order valence-electron chi connectivity index (χ4n) is 1.41. The van der Waals surface area contributed by atoms with E-state index in [4.69, 9.17) is 4.74 Å². The minimum atomic E-state index is 0.0814. The van der Waals surface area contributed by atoms with Crippen molar-refractivity contribution in [3.05, 3.63) is 23.8 Å². The number of nitrogens with one attached hydrogen (secondary N) is 1. The third-order valence-corrected chi connectivity index (χ3v) is 2.35. The topological polar surface area (TPSA) is 47.0 Å². The SMILES string of the molecule is CCCNC(COC(C)C)c1ncc(C)cn1. The summed E-state index contributed by atoms with van der Waals surface area (Å²) in [5.41, 5.74) is 1.08. The molecule has 96 valence electrons. The van der Waals surface area contributed by atoms with Crippen molar-refractivity contribution in [2.24, 2.45) is 0 Å². The Bertz CT molecular complexity index is 311. The summed E-state index contributed by atoms with van der Waals surface area (Å²) in [7, 11) is 0. The molecule has 0 aliphatic heterocycles. The molecule has 0 spiro atoms. The van der Waals surface area contributed by atoms with E-state index in [-0.39, 0.29) is 12.1 Å². The molecule has 0 saturated carbocycles. The van der Waals surface area contributed by atoms with Gasteiger partial charge in [-0.3, -0.25) is 0 Å². The largest absolute Gasteiger partial charge is 0.377 e. The third-order valence-electron chi connectivity index (χ3n) is 2.35. The molecule has 0 amide bonds. The van der Waals surface area contributed by atoms with E-state index >= 15 is 0 Å². The van der Waals surface area contributed by atoms with E-state index in [1.165, 1.54) is 0 Å². The Hall–Kier alpha value is -1.00. The number of hydrogen-bond acceptors (Lipinski definition) is 4. The Morgan fingerprint density at radius 2 is 1.94 bits per heavy atom. The molecule has 0 saturated heterocycles. The number of ether oxygens (including phenoxy) is 1. The van der Waals surface area contributed by atoms with Crippen LogP contribution in [0, 0.1) is 6.92 Å². The van der Waals surface area contributed by atoms with Crippen LogP contribution in [-0.2, 0) is 4.74 Å². The standard InChI is InChI=1S/C13H23N3O/c1-5-6-14-12(9-17-10(2)3)13-15-7-11(4)8-16-13/h7-8,10,12,14H,5-6,9H2,1-4H3. The van der Waals surface area contributed by atoms with Gasteiger partial charge in [-0.1, -0.05) is 6.92 Å². The second kappa shape index (κ2) is 7.35. The quantitative estimate of drug-likeness (QED) is 0.790. The maximum atomic E-state index is 5.64. The highest BCUT2D eigenvalue weighted by molar-refractivity contribution is 5.04. The average molecular weight is 237 g/mol. The van der Waals surface area contributed by atoms with Crippen molar-refractivity contribution in [3.63, 3.8) is 0 Å². The van der Waals surface area contributed by atoms with Crippen LogP contribution in [0.5, 0.6) is 0 Å². The normalized spacial score (nSPS) is 13.0. The van der Waals surface area contributed by atoms with E-state index in [1.54, 1.807) is 0 Å². The Labute approximate surface area is 104 Å². The Kier molecular flexibility index (Phi) is 6.08. The van der Waals surface area contributed by atoms with Gasteiger partial charge in [-0.2, -0.15) is 0 Å². The van der Waals surface area contributed by atoms with Crippen LogP contribution in [0.2, 0.25) is 0 Å². The molecule has 1 unspecified atom stereocenters. The minimum Gasteiger partial charge on any atom is -0.377 e. The fraction of sp³-hybridized carbons (Fsp3) is 0.692. The van der Waals surface area contributed by atoms with Gasteiger partial charge in [0.05, 0.1) is 18.8 Å². The second-order valence-corrected chi connectivity index (χ2v) is 4.51. The number of hydrogen-bond donors (Lipinski definition) is 1. The monoisotopic (exact) mass is 237 g/mol. The van der Waals surface area contributed by atoms with Crippen LogP contribution in [0.4, 0.5) is 0 Å². The summed E-state index contributed by atoms with van der Waals surface area (Å²) in [6.45, 7) is 9.76. The van der Waals surface area contributed by atoms with Crippen LogP contribution in [0.15, 0.2) is 12.4 Å². The molecule has 0 aliphatic carbocycles. The maximum absolute atomic E-state index is 5.64. The van der Waals surface area contributed by atoms with E-state index < -0.39 is 0 Å². The lowest BCUT2D eigenvalue weighted by atomic mass is 10.2. The summed E-state index contributed by atoms with van der Waals surface area (Å²) in [4.78, 5) is 8.71. The minimum absolute atomic E-state index is 0.0814. The first kappa shape index (κ1) is 14.1. The van der Waals surface area contributed by atoms with Gasteiger partial charge in [0.25, 0.3) is 0 Å². The molecular weight excluding hydrogens is 214 g/mol. The summed E-state index contributed by atoms with van der Waals surface area (Å²) in [5.74, 6) is 0.810. The van der Waals surface area contributed by atoms with Gasteiger partial charge in [0.15, 0.2) is 0 Å². The lowest BCUT2D eigenvalue weighted by Crippen LogP contribution is -2.29. The van der Waals surface area contributed by atoms with Crippen LogP contribution in [0.25, 0.3) is 0 Å². The van der Waals surface area contributed by atoms with Crippen molar-refractivity contribution in [3.8, 4) is 0 Å². The third kappa shape index (κ3) is 5.24. The summed E-state index contributed by atoms with van der Waals surface area (Å²) in [6.07, 6.45) is 5.01. The molecule has 0 fully saturated rings. The van der Waals surface area contributed by atoms with Gasteiger partial charge in [0.1, 0.15) is 5.82 Å². The van der Waals surface area contributed by atoms with E-state index in [2.05, 4.69) is 22.2 Å². The molecule has 4 nitrogen and oxygen atoms in total. The highest BCUT2D eigenvalue weighted by atomic mass is 16.5. The van der Waals surface area contributed by atoms with Crippen LogP contribution in [-0.4, -0.2) is 29.2 Å². The second-order valence-electron chi connectivity index (χ2n) is 4.51. The van der Waals surface area contributed by atoms with Gasteiger partial charge in [0, 0.05) is 12.4 Å². The molecule has 1 rings (SSSR count). The molecule has 4 heteroatoms. The van der Waals surface area contributed by atoms with Crippen molar-refractivity contribution in [1.82, 2.24) is 15.3 Å². The molecule has 17 heavy (non-hydrogen) atoms. The van der Waals surface area contributed by atoms with Crippen LogP contribution in [0.3, 0.4) is 0 Å². The zero-order chi connectivity index (χ0) is 12.7. The van der Waals surface area contributed by atoms with Gasteiger partial charge < -0.3 is 10.1 Å². The first-order valence-corrected chi connectivity index (χ1v) is 6.27. The molecule has 1 aromatic heterocycles. The highest BCUT2D eigenvalue weighted by Gasteiger charge is 2.14. The first-order valence-electron chi connectivity index (χ1n) is 6.27. The first-order chi connectivity index (χ1) is 8.13. The fourth-order valence-corrected chi connectivity index (χ4v) is 1.41. The Morgan fingerprint density at radius 1 is 1.29 bits per heavy atom. The summed E-state index contributed by atoms with van der Waals surface area (Å²) in [5, 5.41) is 3.41. The van der Waals surface area contributed by atoms with E-state index in [0.29, 0.717) is 6.61 Å². The molecule has 1 atom stereocenters. The lowest BCUT2D eigenvalue weighted by molar-refractivity contribution is 0.0594. The number of rotatable bonds is 7. The van der Waals surface area contributed by atoms with Crippen molar-refractivity contribution >= 4 is 0 Å². The van der Waals surface area contributed by atoms with Crippen LogP contribution < -0.4 is 5.32 Å². The van der Waals surface area contributed by atoms with E-state index in [0.717, 1.165) is 24.4 Å². The molecule has 0 aromatic carbocycles. The van der Waals surface area contributed by atoms with Crippen LogP contribution >= 0.6 is 0 Å². The van der Waals surface area contributed by atoms with Gasteiger partial charge >= 0.3 is 0 Å². The molecule has 1 aromatic rings. The van der Waals surface area contributed by atoms with Crippen LogP contribution in [0.1, 0.15) is 44.6 Å². The smallest absolute Gasteiger partial charge is 0.147 e. The van der Waals surface area contributed by atoms with Crippen molar-refractivity contribution in [2.75, 3.05) is 13.2 Å². The predicted molar refractivity (Wildman–Crippen MR) is 68.9 cm³/mol. The zero-order valence-electron chi connectivity index (χ0n) is 11.2. The molecule has 1 heterocycles. The van der Waals surface area contributed by atoms with Gasteiger partial charge in [0.2, 0.25) is 0 Å². The summed E-state index contributed by atoms with van der Waals surface area (Å²) < 4.78 is 5.64. The van der Waals surface area contributed by atoms with Gasteiger partial charge in [-0.15, -0.1) is 0 Å². The lowest BCUT2D eigenvalue weighted by Gasteiger charge is -2.18. The number of aryl methyl sites for hydroxylation is 1. The molecule has 0 bridgehead atoms. The van der Waals surface area contributed by atoms with Gasteiger partial charge in [-0.05, 0) is 39.3 Å². The van der Waals surface area contributed by atoms with Gasteiger partial charge in [-0.25, -0.2) is 9.97 Å². The molecule has 1 N–H and O–H groups in total. The molecule has 0 radical (unpaired) electrons. The number of nitrogens with zero attached hydrogens (tertiary/aromatic N) is 2. The van der Waals surface area contributed by atoms with Crippen molar-refractivity contribution < 1.29 is 4.74 Å². The summed E-state index contributed by atoms with van der Waals surface area (Å²) in [6, 6.07) is 0.0814. The predicted octanol–water partition coefficient (Wildman–Crippen LogP) is 2.25. The van der Waals surface area contributed by atoms with Crippen molar-refractivity contribution in [1.29, 1.82) is 0 Å². The van der Waals surface area contributed by atoms with E-state index in [9.17, 15) is 0 Å². The number of aromatic nitrogens is 2. The highest BCUT2D eigenvalue weighted by Crippen LogP contribution is 2.09. The molecule has 0 aliphatic rings. The average Bonchev–Trinajstić information content (AvgIpc) is 2.30. The zero-order valence-corrected chi connectivity index (χ0v) is 11.2. The maximum Gasteiger partial charge on any atom is 0.147 e. The Morgan fingerprint density at radius 3 is 2.47 bits per heavy atom. The summed E-state index contributed by atoms with van der Waals surface area (Å²) >= 11 is 0. The van der Waals surface area contributed by atoms with Crippen molar-refractivity contribution in [2.45, 2.75) is 46.3 Å².